The lowest BCUT2D eigenvalue weighted by Gasteiger charge is -2.31. The molecule has 6 heteroatoms. The molecule has 18 heavy (non-hydrogen) atoms. The lowest BCUT2D eigenvalue weighted by molar-refractivity contribution is 0.0300. The minimum atomic E-state index is -3.20. The van der Waals surface area contributed by atoms with Crippen molar-refractivity contribution in [1.29, 1.82) is 0 Å². The summed E-state index contributed by atoms with van der Waals surface area (Å²) in [5, 5.41) is 0. The predicted molar refractivity (Wildman–Crippen MR) is 70.7 cm³/mol. The van der Waals surface area contributed by atoms with Crippen LogP contribution in [0.2, 0.25) is 0 Å². The number of allylic oxidation sites excluding steroid dienone is 2. The lowest BCUT2D eigenvalue weighted by atomic mass is 9.93. The van der Waals surface area contributed by atoms with Crippen molar-refractivity contribution in [3.05, 3.63) is 11.0 Å². The van der Waals surface area contributed by atoms with E-state index in [0.29, 0.717) is 17.2 Å². The van der Waals surface area contributed by atoms with Gasteiger partial charge in [-0.05, 0) is 32.2 Å². The first-order valence-corrected chi connectivity index (χ1v) is 8.03. The third-order valence-corrected chi connectivity index (χ3v) is 5.31. The van der Waals surface area contributed by atoms with Crippen LogP contribution in [0.25, 0.3) is 0 Å². The van der Waals surface area contributed by atoms with Crippen molar-refractivity contribution in [3.63, 3.8) is 0 Å². The zero-order valence-electron chi connectivity index (χ0n) is 10.9. The highest BCUT2D eigenvalue weighted by Crippen LogP contribution is 2.27. The van der Waals surface area contributed by atoms with Gasteiger partial charge in [-0.2, -0.15) is 0 Å². The molecule has 2 aliphatic rings. The maximum absolute atomic E-state index is 11.6. The number of hydrogen-bond acceptors (Lipinski definition) is 4. The Morgan fingerprint density at radius 2 is 2.17 bits per heavy atom. The standard InChI is InChI=1S/C12H22N2O3S/c1-13-18(15,16)12-4-2-11(3-5-12)10-14-6-8-17-9-7-14/h4,11,13H,2-3,5-10H2,1H3. The van der Waals surface area contributed by atoms with Crippen molar-refractivity contribution in [2.45, 2.75) is 19.3 Å². The van der Waals surface area contributed by atoms with Crippen LogP contribution in [0.15, 0.2) is 11.0 Å². The van der Waals surface area contributed by atoms with Crippen LogP contribution in [0.3, 0.4) is 0 Å². The summed E-state index contributed by atoms with van der Waals surface area (Å²) in [7, 11) is -1.73. The lowest BCUT2D eigenvalue weighted by Crippen LogP contribution is -2.39. The van der Waals surface area contributed by atoms with Gasteiger partial charge in [-0.3, -0.25) is 4.90 Å². The third-order valence-electron chi connectivity index (χ3n) is 3.71. The molecule has 0 aromatic rings. The first-order chi connectivity index (χ1) is 8.62. The number of sulfonamides is 1. The van der Waals surface area contributed by atoms with E-state index >= 15 is 0 Å². The fraction of sp³-hybridized carbons (Fsp3) is 0.833. The van der Waals surface area contributed by atoms with Gasteiger partial charge >= 0.3 is 0 Å². The Balaban J connectivity index is 1.85. The van der Waals surface area contributed by atoms with Gasteiger partial charge in [0.1, 0.15) is 0 Å². The Bertz CT molecular complexity index is 400. The fourth-order valence-corrected chi connectivity index (χ4v) is 3.52. The summed E-state index contributed by atoms with van der Waals surface area (Å²) in [6.07, 6.45) is 4.39. The third kappa shape index (κ3) is 3.54. The van der Waals surface area contributed by atoms with E-state index in [1.165, 1.54) is 7.05 Å². The number of nitrogens with zero attached hydrogens (tertiary/aromatic N) is 1. The molecule has 1 N–H and O–H groups in total. The molecule has 5 nitrogen and oxygen atoms in total. The second-order valence-electron chi connectivity index (χ2n) is 4.93. The summed E-state index contributed by atoms with van der Waals surface area (Å²) in [6.45, 7) is 4.71. The maximum atomic E-state index is 11.6. The van der Waals surface area contributed by atoms with Gasteiger partial charge in [0.25, 0.3) is 0 Å². The van der Waals surface area contributed by atoms with Crippen LogP contribution >= 0.6 is 0 Å². The van der Waals surface area contributed by atoms with E-state index in [2.05, 4.69) is 9.62 Å². The second-order valence-corrected chi connectivity index (χ2v) is 6.87. The predicted octanol–water partition coefficient (Wildman–Crippen LogP) is 0.552. The molecule has 104 valence electrons. The van der Waals surface area contributed by atoms with Gasteiger partial charge < -0.3 is 4.74 Å². The molecule has 1 atom stereocenters. The summed E-state index contributed by atoms with van der Waals surface area (Å²) in [6, 6.07) is 0. The van der Waals surface area contributed by atoms with Crippen LogP contribution in [0.5, 0.6) is 0 Å². The van der Waals surface area contributed by atoms with Crippen LogP contribution in [0.1, 0.15) is 19.3 Å². The molecule has 1 fully saturated rings. The molecule has 0 aromatic carbocycles. The fourth-order valence-electron chi connectivity index (χ4n) is 2.55. The van der Waals surface area contributed by atoms with Crippen LogP contribution < -0.4 is 4.72 Å². The molecule has 1 aliphatic carbocycles. The molecule has 0 amide bonds. The van der Waals surface area contributed by atoms with Crippen molar-refractivity contribution in [2.75, 3.05) is 39.9 Å². The molecule has 1 heterocycles. The molecule has 1 saturated heterocycles. The van der Waals surface area contributed by atoms with Crippen molar-refractivity contribution in [1.82, 2.24) is 9.62 Å². The summed E-state index contributed by atoms with van der Waals surface area (Å²) in [4.78, 5) is 2.97. The summed E-state index contributed by atoms with van der Waals surface area (Å²) in [5.74, 6) is 0.582. The smallest absolute Gasteiger partial charge is 0.236 e. The van der Waals surface area contributed by atoms with Gasteiger partial charge in [-0.1, -0.05) is 6.08 Å². The largest absolute Gasteiger partial charge is 0.379 e. The van der Waals surface area contributed by atoms with Gasteiger partial charge in [-0.25, -0.2) is 13.1 Å². The summed E-state index contributed by atoms with van der Waals surface area (Å²) in [5.41, 5.74) is 0. The number of hydrogen-bond donors (Lipinski definition) is 1. The highest BCUT2D eigenvalue weighted by molar-refractivity contribution is 7.93. The highest BCUT2D eigenvalue weighted by Gasteiger charge is 2.24. The molecule has 1 aliphatic heterocycles. The Labute approximate surface area is 109 Å². The average Bonchev–Trinajstić information content (AvgIpc) is 2.40. The van der Waals surface area contributed by atoms with Crippen LogP contribution in [-0.4, -0.2) is 53.2 Å². The number of nitrogens with one attached hydrogen (secondary N) is 1. The topological polar surface area (TPSA) is 58.6 Å². The summed E-state index contributed by atoms with van der Waals surface area (Å²) < 4.78 is 31.0. The van der Waals surface area contributed by atoms with E-state index in [4.69, 9.17) is 4.74 Å². The molecular weight excluding hydrogens is 252 g/mol. The SMILES string of the molecule is CNS(=O)(=O)C1=CCC(CN2CCOCC2)CC1. The average molecular weight is 274 g/mol. The molecule has 0 spiro atoms. The van der Waals surface area contributed by atoms with E-state index in [0.717, 1.165) is 45.7 Å². The zero-order valence-corrected chi connectivity index (χ0v) is 11.7. The summed E-state index contributed by atoms with van der Waals surface area (Å²) >= 11 is 0. The van der Waals surface area contributed by atoms with Gasteiger partial charge in [-0.15, -0.1) is 0 Å². The highest BCUT2D eigenvalue weighted by atomic mass is 32.2. The van der Waals surface area contributed by atoms with Crippen molar-refractivity contribution >= 4 is 10.0 Å². The minimum Gasteiger partial charge on any atom is -0.379 e. The molecule has 0 radical (unpaired) electrons. The molecule has 0 saturated carbocycles. The van der Waals surface area contributed by atoms with Gasteiger partial charge in [0.2, 0.25) is 10.0 Å². The van der Waals surface area contributed by atoms with Crippen LogP contribution in [0, 0.1) is 5.92 Å². The number of ether oxygens (including phenoxy) is 1. The van der Waals surface area contributed by atoms with Gasteiger partial charge in [0.05, 0.1) is 18.1 Å². The number of rotatable bonds is 4. The Kier molecular flexibility index (Phi) is 4.77. The first-order valence-electron chi connectivity index (χ1n) is 6.54. The van der Waals surface area contributed by atoms with E-state index in [9.17, 15) is 8.42 Å². The van der Waals surface area contributed by atoms with Crippen molar-refractivity contribution < 1.29 is 13.2 Å². The molecule has 1 unspecified atom stereocenters. The van der Waals surface area contributed by atoms with E-state index in [1.54, 1.807) is 0 Å². The normalized spacial score (nSPS) is 26.9. The van der Waals surface area contributed by atoms with Crippen LogP contribution in [-0.2, 0) is 14.8 Å². The minimum absolute atomic E-state index is 0.559. The Morgan fingerprint density at radius 1 is 1.44 bits per heavy atom. The molecular formula is C12H22N2O3S. The maximum Gasteiger partial charge on any atom is 0.236 e. The van der Waals surface area contributed by atoms with Crippen molar-refractivity contribution in [2.24, 2.45) is 5.92 Å². The zero-order chi connectivity index (χ0) is 13.0. The van der Waals surface area contributed by atoms with Gasteiger partial charge in [0.15, 0.2) is 0 Å². The molecule has 2 rings (SSSR count). The Hall–Kier alpha value is -0.430. The van der Waals surface area contributed by atoms with Crippen LogP contribution in [0.4, 0.5) is 0 Å². The van der Waals surface area contributed by atoms with E-state index in [1.807, 2.05) is 6.08 Å². The molecule has 0 bridgehead atoms. The quantitative estimate of drug-likeness (QED) is 0.813. The van der Waals surface area contributed by atoms with E-state index < -0.39 is 10.0 Å². The first kappa shape index (κ1) is 14.0. The van der Waals surface area contributed by atoms with E-state index in [-0.39, 0.29) is 0 Å². The second kappa shape index (κ2) is 6.14. The molecule has 0 aromatic heterocycles. The monoisotopic (exact) mass is 274 g/mol. The van der Waals surface area contributed by atoms with Crippen molar-refractivity contribution in [3.8, 4) is 0 Å². The Morgan fingerprint density at radius 3 is 2.72 bits per heavy atom. The van der Waals surface area contributed by atoms with Gasteiger partial charge in [0, 0.05) is 19.6 Å². The number of morpholine rings is 1.